The fourth-order valence-electron chi connectivity index (χ4n) is 3.62. The average Bonchev–Trinajstić information content (AvgIpc) is 2.69. The van der Waals surface area contributed by atoms with E-state index in [4.69, 9.17) is 0 Å². The van der Waals surface area contributed by atoms with E-state index in [1.165, 1.54) is 0 Å². The summed E-state index contributed by atoms with van der Waals surface area (Å²) in [6.07, 6.45) is 3.29. The lowest BCUT2D eigenvalue weighted by Crippen LogP contribution is -2.52. The molecule has 0 spiro atoms. The van der Waals surface area contributed by atoms with Crippen LogP contribution in [0.1, 0.15) is 42.7 Å². The van der Waals surface area contributed by atoms with Gasteiger partial charge in [0.05, 0.1) is 18.0 Å². The van der Waals surface area contributed by atoms with Gasteiger partial charge in [0.15, 0.2) is 0 Å². The van der Waals surface area contributed by atoms with Crippen LogP contribution in [0.4, 0.5) is 0 Å². The second-order valence-electron chi connectivity index (χ2n) is 6.52. The second-order valence-corrected chi connectivity index (χ2v) is 6.52. The number of carbonyl (C=O) groups is 1. The fraction of sp³-hybridized carbons (Fsp3) is 0.350. The van der Waals surface area contributed by atoms with Crippen molar-refractivity contribution in [3.05, 3.63) is 71.8 Å². The summed E-state index contributed by atoms with van der Waals surface area (Å²) in [5.74, 6) is -0.946. The van der Waals surface area contributed by atoms with Crippen molar-refractivity contribution in [2.45, 2.75) is 43.7 Å². The molecular weight excluding hydrogens is 316 g/mol. The van der Waals surface area contributed by atoms with Gasteiger partial charge in [0.2, 0.25) is 0 Å². The largest absolute Gasteiger partial charge is 0.316 e. The number of amides is 1. The molecule has 1 saturated carbocycles. The van der Waals surface area contributed by atoms with Gasteiger partial charge < -0.3 is 5.21 Å². The number of carbonyl (C=O) groups excluding carboxylic acids is 1. The van der Waals surface area contributed by atoms with Crippen molar-refractivity contribution in [2.75, 3.05) is 0 Å². The molecule has 5 nitrogen and oxygen atoms in total. The van der Waals surface area contributed by atoms with Crippen LogP contribution in [0.5, 0.6) is 0 Å². The van der Waals surface area contributed by atoms with Crippen LogP contribution in [0.3, 0.4) is 0 Å². The van der Waals surface area contributed by atoms with E-state index in [0.29, 0.717) is 6.42 Å². The molecule has 2 aromatic rings. The minimum atomic E-state index is -0.575. The predicted octanol–water partition coefficient (Wildman–Crippen LogP) is 3.33. The number of hydroxylamine groups is 3. The number of nitrogens with zero attached hydrogens (tertiary/aromatic N) is 1. The SMILES string of the molecule is O=C(C(c1ccccc1)c1ccccc1)N(O)[C@@H]1CCCC[C@H]1NO. The maximum absolute atomic E-state index is 13.2. The molecule has 1 fully saturated rings. The van der Waals surface area contributed by atoms with Crippen LogP contribution in [0.25, 0.3) is 0 Å². The first kappa shape index (κ1) is 17.6. The molecule has 132 valence electrons. The quantitative estimate of drug-likeness (QED) is 0.577. The van der Waals surface area contributed by atoms with E-state index in [1.807, 2.05) is 60.7 Å². The molecule has 0 aromatic heterocycles. The molecule has 3 rings (SSSR count). The zero-order chi connectivity index (χ0) is 17.6. The summed E-state index contributed by atoms with van der Waals surface area (Å²) >= 11 is 0. The van der Waals surface area contributed by atoms with E-state index in [0.717, 1.165) is 35.5 Å². The Bertz CT molecular complexity index is 638. The molecule has 2 atom stereocenters. The van der Waals surface area contributed by atoms with Gasteiger partial charge in [-0.1, -0.05) is 73.5 Å². The Morgan fingerprint density at radius 2 is 1.48 bits per heavy atom. The van der Waals surface area contributed by atoms with E-state index in [-0.39, 0.29) is 11.9 Å². The van der Waals surface area contributed by atoms with Gasteiger partial charge in [-0.25, -0.2) is 10.5 Å². The van der Waals surface area contributed by atoms with Gasteiger partial charge in [0.1, 0.15) is 0 Å². The minimum Gasteiger partial charge on any atom is -0.316 e. The Balaban J connectivity index is 1.91. The highest BCUT2D eigenvalue weighted by molar-refractivity contribution is 5.86. The molecule has 1 aliphatic rings. The summed E-state index contributed by atoms with van der Waals surface area (Å²) < 4.78 is 0. The zero-order valence-electron chi connectivity index (χ0n) is 14.1. The Morgan fingerprint density at radius 1 is 0.960 bits per heavy atom. The third kappa shape index (κ3) is 3.90. The molecule has 0 bridgehead atoms. The molecule has 1 amide bonds. The Kier molecular flexibility index (Phi) is 5.81. The van der Waals surface area contributed by atoms with Crippen LogP contribution in [-0.2, 0) is 4.79 Å². The predicted molar refractivity (Wildman–Crippen MR) is 94.3 cm³/mol. The summed E-state index contributed by atoms with van der Waals surface area (Å²) in [5.41, 5.74) is 3.92. The van der Waals surface area contributed by atoms with Gasteiger partial charge in [-0.05, 0) is 24.0 Å². The molecular formula is C20H24N2O3. The average molecular weight is 340 g/mol. The van der Waals surface area contributed by atoms with Crippen molar-refractivity contribution in [3.8, 4) is 0 Å². The maximum Gasteiger partial charge on any atom is 0.258 e. The van der Waals surface area contributed by atoms with Gasteiger partial charge in [-0.2, -0.15) is 0 Å². The molecule has 2 aromatic carbocycles. The van der Waals surface area contributed by atoms with Gasteiger partial charge in [0.25, 0.3) is 5.91 Å². The van der Waals surface area contributed by atoms with Crippen LogP contribution in [0, 0.1) is 0 Å². The molecule has 0 unspecified atom stereocenters. The van der Waals surface area contributed by atoms with Crippen molar-refractivity contribution in [2.24, 2.45) is 0 Å². The van der Waals surface area contributed by atoms with Crippen LogP contribution >= 0.6 is 0 Å². The summed E-state index contributed by atoms with van der Waals surface area (Å²) in [4.78, 5) is 13.2. The van der Waals surface area contributed by atoms with Gasteiger partial charge >= 0.3 is 0 Å². The zero-order valence-corrected chi connectivity index (χ0v) is 14.1. The van der Waals surface area contributed by atoms with Crippen LogP contribution in [0.2, 0.25) is 0 Å². The summed E-state index contributed by atoms with van der Waals surface area (Å²) in [5, 5.41) is 20.9. The third-order valence-corrected chi connectivity index (χ3v) is 4.95. The Morgan fingerprint density at radius 3 is 2.00 bits per heavy atom. The lowest BCUT2D eigenvalue weighted by Gasteiger charge is -2.36. The molecule has 0 saturated heterocycles. The monoisotopic (exact) mass is 340 g/mol. The molecule has 1 aliphatic carbocycles. The lowest BCUT2D eigenvalue weighted by molar-refractivity contribution is -0.184. The molecule has 5 heteroatoms. The van der Waals surface area contributed by atoms with Gasteiger partial charge in [0, 0.05) is 0 Å². The first-order valence-electron chi connectivity index (χ1n) is 8.74. The van der Waals surface area contributed by atoms with Crippen molar-refractivity contribution in [1.82, 2.24) is 10.5 Å². The van der Waals surface area contributed by atoms with Crippen molar-refractivity contribution in [1.29, 1.82) is 0 Å². The van der Waals surface area contributed by atoms with Gasteiger partial charge in [-0.3, -0.25) is 10.0 Å². The number of rotatable bonds is 5. The first-order valence-corrected chi connectivity index (χ1v) is 8.74. The normalized spacial score (nSPS) is 20.4. The summed E-state index contributed by atoms with van der Waals surface area (Å²) in [7, 11) is 0. The van der Waals surface area contributed by atoms with E-state index < -0.39 is 12.0 Å². The fourth-order valence-corrected chi connectivity index (χ4v) is 3.62. The Labute approximate surface area is 147 Å². The van der Waals surface area contributed by atoms with Crippen LogP contribution in [-0.4, -0.2) is 33.5 Å². The van der Waals surface area contributed by atoms with Crippen molar-refractivity contribution >= 4 is 5.91 Å². The van der Waals surface area contributed by atoms with E-state index in [9.17, 15) is 15.2 Å². The van der Waals surface area contributed by atoms with Crippen LogP contribution in [0.15, 0.2) is 60.7 Å². The molecule has 0 heterocycles. The van der Waals surface area contributed by atoms with Crippen molar-refractivity contribution < 1.29 is 15.2 Å². The van der Waals surface area contributed by atoms with E-state index >= 15 is 0 Å². The molecule has 0 aliphatic heterocycles. The number of benzene rings is 2. The second kappa shape index (κ2) is 8.25. The lowest BCUT2D eigenvalue weighted by atomic mass is 9.87. The molecule has 3 N–H and O–H groups in total. The Hall–Kier alpha value is -2.21. The summed E-state index contributed by atoms with van der Waals surface area (Å²) in [6, 6.07) is 18.2. The topological polar surface area (TPSA) is 72.8 Å². The van der Waals surface area contributed by atoms with Crippen molar-refractivity contribution in [3.63, 3.8) is 0 Å². The first-order chi connectivity index (χ1) is 12.2. The molecule has 25 heavy (non-hydrogen) atoms. The summed E-state index contributed by atoms with van der Waals surface area (Å²) in [6.45, 7) is 0. The standard InChI is InChI=1S/C20H24N2O3/c23-20(22(25)18-14-8-7-13-17(18)21-24)19(15-9-3-1-4-10-15)16-11-5-2-6-12-16/h1-6,9-12,17-19,21,24-25H,7-8,13-14H2/t17-,18-/m1/s1. The smallest absolute Gasteiger partial charge is 0.258 e. The third-order valence-electron chi connectivity index (χ3n) is 4.95. The van der Waals surface area contributed by atoms with Crippen LogP contribution < -0.4 is 5.48 Å². The van der Waals surface area contributed by atoms with E-state index in [2.05, 4.69) is 5.48 Å². The highest BCUT2D eigenvalue weighted by Crippen LogP contribution is 2.30. The number of hydrogen-bond acceptors (Lipinski definition) is 4. The highest BCUT2D eigenvalue weighted by Gasteiger charge is 2.36. The maximum atomic E-state index is 13.2. The highest BCUT2D eigenvalue weighted by atomic mass is 16.5. The minimum absolute atomic E-state index is 0.310. The van der Waals surface area contributed by atoms with Gasteiger partial charge in [-0.15, -0.1) is 0 Å². The van der Waals surface area contributed by atoms with E-state index in [1.54, 1.807) is 0 Å². The molecule has 0 radical (unpaired) electrons. The number of hydrogen-bond donors (Lipinski definition) is 3. The number of nitrogens with one attached hydrogen (secondary N) is 1.